The molecule has 0 N–H and O–H groups in total. The van der Waals surface area contributed by atoms with Crippen molar-refractivity contribution < 1.29 is 9.21 Å². The Morgan fingerprint density at radius 1 is 1.36 bits per heavy atom. The number of hydrogen-bond donors (Lipinski definition) is 0. The van der Waals surface area contributed by atoms with E-state index < -0.39 is 0 Å². The van der Waals surface area contributed by atoms with Crippen LogP contribution < -0.4 is 0 Å². The first-order valence-electron chi connectivity index (χ1n) is 4.16. The summed E-state index contributed by atoms with van der Waals surface area (Å²) in [5, 5.41) is 0. The Bertz CT molecular complexity index is 424. The molecular formula is C11H8O2Se. The Balaban J connectivity index is 2.09. The van der Waals surface area contributed by atoms with Crippen molar-refractivity contribution in [1.29, 1.82) is 0 Å². The van der Waals surface area contributed by atoms with Crippen LogP contribution in [0.15, 0.2) is 46.0 Å². The van der Waals surface area contributed by atoms with E-state index in [0.29, 0.717) is 5.76 Å². The fourth-order valence-corrected chi connectivity index (χ4v) is 2.40. The summed E-state index contributed by atoms with van der Waals surface area (Å²) in [7, 11) is 0. The monoisotopic (exact) mass is 252 g/mol. The first-order valence-corrected chi connectivity index (χ1v) is 6.00. The van der Waals surface area contributed by atoms with Crippen molar-refractivity contribution in [2.24, 2.45) is 0 Å². The Morgan fingerprint density at radius 2 is 2.29 bits per heavy atom. The van der Waals surface area contributed by atoms with Gasteiger partial charge < -0.3 is 0 Å². The molecule has 14 heavy (non-hydrogen) atoms. The number of furan rings is 1. The van der Waals surface area contributed by atoms with Gasteiger partial charge in [0.1, 0.15) is 0 Å². The summed E-state index contributed by atoms with van der Waals surface area (Å²) in [6, 6.07) is 7.41. The van der Waals surface area contributed by atoms with Crippen LogP contribution in [0.3, 0.4) is 0 Å². The van der Waals surface area contributed by atoms with Gasteiger partial charge in [0.15, 0.2) is 0 Å². The molecule has 2 aromatic rings. The third-order valence-corrected chi connectivity index (χ3v) is 3.56. The van der Waals surface area contributed by atoms with Crippen LogP contribution in [0.5, 0.6) is 0 Å². The number of ketones is 1. The molecule has 70 valence electrons. The summed E-state index contributed by atoms with van der Waals surface area (Å²) in [6.45, 7) is 0. The Morgan fingerprint density at radius 3 is 2.93 bits per heavy atom. The molecule has 0 saturated heterocycles. The fourth-order valence-electron chi connectivity index (χ4n) is 1.04. The number of carbonyl (C=O) groups is 1. The number of rotatable bonds is 3. The quantitative estimate of drug-likeness (QED) is 0.475. The van der Waals surface area contributed by atoms with Crippen LogP contribution in [-0.2, 0) is 0 Å². The van der Waals surface area contributed by atoms with Crippen LogP contribution >= 0.6 is 0 Å². The number of hydrogen-bond acceptors (Lipinski definition) is 2. The Hall–Kier alpha value is -1.31. The second-order valence-corrected chi connectivity index (χ2v) is 4.68. The van der Waals surface area contributed by atoms with E-state index >= 15 is 0 Å². The molecule has 2 rings (SSSR count). The molecule has 0 unspecified atom stereocenters. The maximum absolute atomic E-state index is 11.5. The van der Waals surface area contributed by atoms with Gasteiger partial charge in [0, 0.05) is 0 Å². The van der Waals surface area contributed by atoms with Gasteiger partial charge in [0.05, 0.1) is 0 Å². The summed E-state index contributed by atoms with van der Waals surface area (Å²) in [4.78, 5) is 13.5. The molecule has 0 spiro atoms. The van der Waals surface area contributed by atoms with Gasteiger partial charge in [0.2, 0.25) is 0 Å². The molecule has 0 atom stereocenters. The SMILES string of the molecule is O=C(C=Cc1ccco1)c1ccc[se]1. The van der Waals surface area contributed by atoms with E-state index in [1.165, 1.54) is 0 Å². The summed E-state index contributed by atoms with van der Waals surface area (Å²) in [6.07, 6.45) is 4.83. The normalized spacial score (nSPS) is 10.9. The van der Waals surface area contributed by atoms with Gasteiger partial charge in [-0.3, -0.25) is 0 Å². The van der Waals surface area contributed by atoms with E-state index in [-0.39, 0.29) is 20.3 Å². The molecule has 0 aliphatic heterocycles. The van der Waals surface area contributed by atoms with E-state index in [1.54, 1.807) is 24.5 Å². The summed E-state index contributed by atoms with van der Waals surface area (Å²) < 4.78 is 5.97. The molecule has 0 fully saturated rings. The molecule has 0 aromatic carbocycles. The first kappa shape index (κ1) is 9.25. The van der Waals surface area contributed by atoms with Gasteiger partial charge in [-0.25, -0.2) is 0 Å². The van der Waals surface area contributed by atoms with Crippen molar-refractivity contribution in [3.05, 3.63) is 51.7 Å². The van der Waals surface area contributed by atoms with E-state index in [2.05, 4.69) is 0 Å². The molecule has 0 bridgehead atoms. The molecule has 2 heterocycles. The van der Waals surface area contributed by atoms with Crippen molar-refractivity contribution in [3.63, 3.8) is 0 Å². The summed E-state index contributed by atoms with van der Waals surface area (Å²) in [5.74, 6) is 0.781. The fraction of sp³-hybridized carbons (Fsp3) is 0. The molecule has 0 aliphatic rings. The maximum atomic E-state index is 11.5. The van der Waals surface area contributed by atoms with Gasteiger partial charge in [-0.2, -0.15) is 0 Å². The molecule has 2 aromatic heterocycles. The van der Waals surface area contributed by atoms with Crippen LogP contribution in [0.2, 0.25) is 0 Å². The van der Waals surface area contributed by atoms with Gasteiger partial charge in [-0.1, -0.05) is 0 Å². The van der Waals surface area contributed by atoms with Crippen molar-refractivity contribution in [2.45, 2.75) is 0 Å². The van der Waals surface area contributed by atoms with Crippen molar-refractivity contribution in [1.82, 2.24) is 0 Å². The molecule has 2 nitrogen and oxygen atoms in total. The van der Waals surface area contributed by atoms with Crippen molar-refractivity contribution >= 4 is 26.4 Å². The number of carbonyl (C=O) groups excluding carboxylic acids is 1. The Labute approximate surface area is 87.6 Å². The minimum absolute atomic E-state index is 0.0754. The van der Waals surface area contributed by atoms with Crippen LogP contribution in [0.4, 0.5) is 0 Å². The molecule has 0 saturated carbocycles. The summed E-state index contributed by atoms with van der Waals surface area (Å²) >= 11 is 0.213. The number of allylic oxidation sites excluding steroid dienone is 1. The predicted molar refractivity (Wildman–Crippen MR) is 55.5 cm³/mol. The average molecular weight is 251 g/mol. The topological polar surface area (TPSA) is 30.2 Å². The zero-order valence-corrected chi connectivity index (χ0v) is 9.06. The van der Waals surface area contributed by atoms with Gasteiger partial charge in [-0.15, -0.1) is 0 Å². The molecular weight excluding hydrogens is 243 g/mol. The zero-order chi connectivity index (χ0) is 9.80. The third-order valence-electron chi connectivity index (χ3n) is 1.71. The van der Waals surface area contributed by atoms with Crippen LogP contribution in [0, 0.1) is 0 Å². The van der Waals surface area contributed by atoms with Gasteiger partial charge >= 0.3 is 87.3 Å². The van der Waals surface area contributed by atoms with Crippen LogP contribution in [0.25, 0.3) is 6.08 Å². The van der Waals surface area contributed by atoms with Gasteiger partial charge in [0.25, 0.3) is 0 Å². The van der Waals surface area contributed by atoms with E-state index in [0.717, 1.165) is 4.44 Å². The van der Waals surface area contributed by atoms with Crippen molar-refractivity contribution in [3.8, 4) is 0 Å². The third kappa shape index (κ3) is 2.13. The molecule has 0 amide bonds. The molecule has 0 radical (unpaired) electrons. The van der Waals surface area contributed by atoms with Crippen LogP contribution in [0.1, 0.15) is 15.0 Å². The predicted octanol–water partition coefficient (Wildman–Crippen LogP) is 2.23. The van der Waals surface area contributed by atoms with E-state index in [9.17, 15) is 4.79 Å². The Kier molecular flexibility index (Phi) is 2.82. The average Bonchev–Trinajstić information content (AvgIpc) is 2.87. The molecule has 0 aliphatic carbocycles. The standard InChI is InChI=1S/C11H8O2Se/c12-10(11-4-2-8-14-11)6-5-9-3-1-7-13-9/h1-8H. The second-order valence-electron chi connectivity index (χ2n) is 2.69. The summed E-state index contributed by atoms with van der Waals surface area (Å²) in [5.41, 5.74) is 0. The molecule has 3 heteroatoms. The second kappa shape index (κ2) is 4.27. The van der Waals surface area contributed by atoms with Crippen LogP contribution in [-0.4, -0.2) is 20.3 Å². The first-order chi connectivity index (χ1) is 6.86. The van der Waals surface area contributed by atoms with Crippen molar-refractivity contribution in [2.75, 3.05) is 0 Å². The van der Waals surface area contributed by atoms with Gasteiger partial charge in [-0.05, 0) is 0 Å². The minimum atomic E-state index is 0.0754. The van der Waals surface area contributed by atoms with E-state index in [1.807, 2.05) is 23.1 Å². The zero-order valence-electron chi connectivity index (χ0n) is 7.34. The van der Waals surface area contributed by atoms with E-state index in [4.69, 9.17) is 4.42 Å².